The van der Waals surface area contributed by atoms with Crippen LogP contribution in [0.4, 0.5) is 0 Å². The molecule has 0 spiro atoms. The molecule has 2 heteroatoms. The van der Waals surface area contributed by atoms with Crippen molar-refractivity contribution in [2.24, 2.45) is 0 Å². The Morgan fingerprint density at radius 3 is 2.62 bits per heavy atom. The SMILES string of the molecule is [CH2]C(C(=O)OCC)c1ccccc1. The van der Waals surface area contributed by atoms with Gasteiger partial charge in [0.1, 0.15) is 0 Å². The van der Waals surface area contributed by atoms with Gasteiger partial charge in [0.2, 0.25) is 0 Å². The van der Waals surface area contributed by atoms with E-state index in [1.807, 2.05) is 30.3 Å². The van der Waals surface area contributed by atoms with E-state index in [0.29, 0.717) is 6.61 Å². The molecular formula is C11H13O2. The Morgan fingerprint density at radius 2 is 2.08 bits per heavy atom. The second-order valence-electron chi connectivity index (χ2n) is 2.72. The molecule has 0 saturated carbocycles. The van der Waals surface area contributed by atoms with Gasteiger partial charge in [-0.2, -0.15) is 0 Å². The zero-order valence-electron chi connectivity index (χ0n) is 7.69. The first-order chi connectivity index (χ1) is 6.25. The Morgan fingerprint density at radius 1 is 1.46 bits per heavy atom. The lowest BCUT2D eigenvalue weighted by Crippen LogP contribution is -2.12. The first-order valence-corrected chi connectivity index (χ1v) is 4.30. The highest BCUT2D eigenvalue weighted by Crippen LogP contribution is 2.15. The summed E-state index contributed by atoms with van der Waals surface area (Å²) in [5, 5.41) is 0. The third-order valence-electron chi connectivity index (χ3n) is 1.77. The Kier molecular flexibility index (Phi) is 3.50. The molecule has 0 saturated heterocycles. The molecular weight excluding hydrogens is 164 g/mol. The Labute approximate surface area is 78.5 Å². The van der Waals surface area contributed by atoms with Crippen LogP contribution in [0.15, 0.2) is 30.3 Å². The van der Waals surface area contributed by atoms with E-state index in [9.17, 15) is 4.79 Å². The van der Waals surface area contributed by atoms with Gasteiger partial charge < -0.3 is 4.74 Å². The fourth-order valence-electron chi connectivity index (χ4n) is 1.06. The average molecular weight is 177 g/mol. The van der Waals surface area contributed by atoms with Gasteiger partial charge in [-0.1, -0.05) is 30.3 Å². The van der Waals surface area contributed by atoms with Gasteiger partial charge in [0.25, 0.3) is 0 Å². The third kappa shape index (κ3) is 2.58. The molecule has 0 aliphatic carbocycles. The van der Waals surface area contributed by atoms with E-state index in [4.69, 9.17) is 4.74 Å². The molecule has 0 N–H and O–H groups in total. The van der Waals surface area contributed by atoms with E-state index in [1.54, 1.807) is 6.92 Å². The lowest BCUT2D eigenvalue weighted by atomic mass is 10.0. The summed E-state index contributed by atoms with van der Waals surface area (Å²) in [4.78, 5) is 11.3. The van der Waals surface area contributed by atoms with Crippen molar-refractivity contribution < 1.29 is 9.53 Å². The lowest BCUT2D eigenvalue weighted by Gasteiger charge is -2.09. The van der Waals surface area contributed by atoms with E-state index in [2.05, 4.69) is 6.92 Å². The van der Waals surface area contributed by atoms with Gasteiger partial charge in [0, 0.05) is 0 Å². The van der Waals surface area contributed by atoms with E-state index in [1.165, 1.54) is 0 Å². The van der Waals surface area contributed by atoms with E-state index in [0.717, 1.165) is 5.56 Å². The first-order valence-electron chi connectivity index (χ1n) is 4.30. The topological polar surface area (TPSA) is 26.3 Å². The van der Waals surface area contributed by atoms with Gasteiger partial charge in [-0.25, -0.2) is 0 Å². The molecule has 0 amide bonds. The molecule has 1 aromatic rings. The van der Waals surface area contributed by atoms with Crippen molar-refractivity contribution in [3.8, 4) is 0 Å². The number of esters is 1. The first kappa shape index (κ1) is 9.78. The van der Waals surface area contributed by atoms with Crippen LogP contribution in [0.1, 0.15) is 18.4 Å². The van der Waals surface area contributed by atoms with Crippen molar-refractivity contribution in [2.45, 2.75) is 12.8 Å². The number of hydrogen-bond acceptors (Lipinski definition) is 2. The van der Waals surface area contributed by atoms with Gasteiger partial charge in [-0.15, -0.1) is 0 Å². The smallest absolute Gasteiger partial charge is 0.313 e. The van der Waals surface area contributed by atoms with E-state index < -0.39 is 5.92 Å². The molecule has 0 aliphatic rings. The maximum atomic E-state index is 11.3. The molecule has 1 radical (unpaired) electrons. The number of carbonyl (C=O) groups is 1. The molecule has 0 bridgehead atoms. The molecule has 0 aliphatic heterocycles. The summed E-state index contributed by atoms with van der Waals surface area (Å²) in [5.74, 6) is -0.685. The number of hydrogen-bond donors (Lipinski definition) is 0. The highest BCUT2D eigenvalue weighted by atomic mass is 16.5. The lowest BCUT2D eigenvalue weighted by molar-refractivity contribution is -0.143. The Hall–Kier alpha value is -1.31. The number of rotatable bonds is 3. The highest BCUT2D eigenvalue weighted by molar-refractivity contribution is 5.78. The van der Waals surface area contributed by atoms with Gasteiger partial charge in [0.05, 0.1) is 12.5 Å². The van der Waals surface area contributed by atoms with E-state index >= 15 is 0 Å². The van der Waals surface area contributed by atoms with Gasteiger partial charge in [0.15, 0.2) is 0 Å². The summed E-state index contributed by atoms with van der Waals surface area (Å²) in [6.45, 7) is 5.94. The summed E-state index contributed by atoms with van der Waals surface area (Å²) in [5.41, 5.74) is 0.890. The zero-order chi connectivity index (χ0) is 9.68. The number of carbonyl (C=O) groups excluding carboxylic acids is 1. The summed E-state index contributed by atoms with van der Waals surface area (Å²) >= 11 is 0. The van der Waals surface area contributed by atoms with Gasteiger partial charge in [-0.05, 0) is 19.4 Å². The monoisotopic (exact) mass is 177 g/mol. The van der Waals surface area contributed by atoms with Crippen LogP contribution < -0.4 is 0 Å². The van der Waals surface area contributed by atoms with Crippen molar-refractivity contribution in [3.05, 3.63) is 42.8 Å². The normalized spacial score (nSPS) is 12.2. The van der Waals surface area contributed by atoms with Gasteiger partial charge >= 0.3 is 5.97 Å². The molecule has 0 heterocycles. The minimum atomic E-state index is -0.416. The van der Waals surface area contributed by atoms with Crippen LogP contribution >= 0.6 is 0 Å². The van der Waals surface area contributed by atoms with Crippen LogP contribution in [0.3, 0.4) is 0 Å². The minimum absolute atomic E-state index is 0.270. The fourth-order valence-corrected chi connectivity index (χ4v) is 1.06. The molecule has 2 nitrogen and oxygen atoms in total. The largest absolute Gasteiger partial charge is 0.466 e. The maximum Gasteiger partial charge on any atom is 0.313 e. The minimum Gasteiger partial charge on any atom is -0.466 e. The second kappa shape index (κ2) is 4.65. The van der Waals surface area contributed by atoms with Crippen molar-refractivity contribution >= 4 is 5.97 Å². The quantitative estimate of drug-likeness (QED) is 0.661. The Balaban J connectivity index is 2.68. The number of ether oxygens (including phenoxy) is 1. The highest BCUT2D eigenvalue weighted by Gasteiger charge is 2.15. The molecule has 1 atom stereocenters. The summed E-state index contributed by atoms with van der Waals surface area (Å²) in [6, 6.07) is 9.41. The van der Waals surface area contributed by atoms with Crippen LogP contribution in [-0.4, -0.2) is 12.6 Å². The summed E-state index contributed by atoms with van der Waals surface area (Å²) < 4.78 is 4.86. The molecule has 13 heavy (non-hydrogen) atoms. The average Bonchev–Trinajstić information content (AvgIpc) is 2.18. The molecule has 1 rings (SSSR count). The molecule has 1 aromatic carbocycles. The van der Waals surface area contributed by atoms with Gasteiger partial charge in [-0.3, -0.25) is 4.79 Å². The zero-order valence-corrected chi connectivity index (χ0v) is 7.69. The molecule has 69 valence electrons. The van der Waals surface area contributed by atoms with Crippen molar-refractivity contribution in [2.75, 3.05) is 6.61 Å². The Bertz CT molecular complexity index is 267. The molecule has 0 fully saturated rings. The van der Waals surface area contributed by atoms with Crippen molar-refractivity contribution in [1.82, 2.24) is 0 Å². The predicted molar refractivity (Wildman–Crippen MR) is 51.2 cm³/mol. The summed E-state index contributed by atoms with van der Waals surface area (Å²) in [6.07, 6.45) is 0. The second-order valence-corrected chi connectivity index (χ2v) is 2.72. The van der Waals surface area contributed by atoms with Crippen LogP contribution in [0.25, 0.3) is 0 Å². The molecule has 0 aromatic heterocycles. The predicted octanol–water partition coefficient (Wildman–Crippen LogP) is 2.17. The van der Waals surface area contributed by atoms with Crippen LogP contribution in [-0.2, 0) is 9.53 Å². The number of benzene rings is 1. The molecule has 1 unspecified atom stereocenters. The van der Waals surface area contributed by atoms with Crippen LogP contribution in [0.5, 0.6) is 0 Å². The van der Waals surface area contributed by atoms with Crippen LogP contribution in [0.2, 0.25) is 0 Å². The maximum absolute atomic E-state index is 11.3. The summed E-state index contributed by atoms with van der Waals surface area (Å²) in [7, 11) is 0. The third-order valence-corrected chi connectivity index (χ3v) is 1.77. The van der Waals surface area contributed by atoms with Crippen LogP contribution in [0, 0.1) is 6.92 Å². The fraction of sp³-hybridized carbons (Fsp3) is 0.273. The van der Waals surface area contributed by atoms with Crippen molar-refractivity contribution in [3.63, 3.8) is 0 Å². The van der Waals surface area contributed by atoms with E-state index in [-0.39, 0.29) is 5.97 Å². The van der Waals surface area contributed by atoms with Crippen molar-refractivity contribution in [1.29, 1.82) is 0 Å². The standard InChI is InChI=1S/C11H13O2/c1-3-13-11(12)9(2)10-7-5-4-6-8-10/h4-9H,2-3H2,1H3.